The van der Waals surface area contributed by atoms with E-state index >= 15 is 0 Å². The first kappa shape index (κ1) is 7.09. The maximum atomic E-state index is 13.0. The van der Waals surface area contributed by atoms with Gasteiger partial charge in [0.15, 0.2) is 11.6 Å². The van der Waals surface area contributed by atoms with Gasteiger partial charge in [-0.05, 0) is 12.1 Å². The van der Waals surface area contributed by atoms with Crippen molar-refractivity contribution in [2.45, 2.75) is 6.42 Å². The molecule has 1 aromatic rings. The molecule has 1 heterocycles. The Kier molecular flexibility index (Phi) is 1.30. The van der Waals surface area contributed by atoms with Crippen LogP contribution < -0.4 is 5.32 Å². The molecule has 62 valence electrons. The van der Waals surface area contributed by atoms with Crippen LogP contribution in [0.5, 0.6) is 5.75 Å². The van der Waals surface area contributed by atoms with Crippen LogP contribution >= 0.6 is 0 Å². The summed E-state index contributed by atoms with van der Waals surface area (Å²) in [5, 5.41) is 11.4. The van der Waals surface area contributed by atoms with Gasteiger partial charge < -0.3 is 10.4 Å². The molecule has 4 heteroatoms. The van der Waals surface area contributed by atoms with Crippen molar-refractivity contribution in [1.82, 2.24) is 0 Å². The van der Waals surface area contributed by atoms with Crippen LogP contribution in [0.25, 0.3) is 0 Å². The number of phenols is 1. The van der Waals surface area contributed by atoms with Crippen molar-refractivity contribution in [3.05, 3.63) is 23.5 Å². The number of nitrogens with one attached hydrogen (secondary N) is 1. The first-order valence-electron chi connectivity index (χ1n) is 3.48. The van der Waals surface area contributed by atoms with Crippen LogP contribution in [0, 0.1) is 5.82 Å². The van der Waals surface area contributed by atoms with E-state index in [1.807, 2.05) is 0 Å². The summed E-state index contributed by atoms with van der Waals surface area (Å²) in [6.07, 6.45) is 0.00949. The third kappa shape index (κ3) is 0.845. The minimum atomic E-state index is -0.703. The van der Waals surface area contributed by atoms with Gasteiger partial charge in [-0.1, -0.05) is 0 Å². The number of hydrogen-bond donors (Lipinski definition) is 2. The molecule has 0 saturated carbocycles. The van der Waals surface area contributed by atoms with Crippen LogP contribution in [0.15, 0.2) is 12.1 Å². The molecule has 0 aliphatic carbocycles. The molecule has 0 fully saturated rings. The molecule has 0 saturated heterocycles. The lowest BCUT2D eigenvalue weighted by Gasteiger charge is -2.00. The lowest BCUT2D eigenvalue weighted by atomic mass is 10.1. The highest BCUT2D eigenvalue weighted by Crippen LogP contribution is 2.30. The van der Waals surface area contributed by atoms with E-state index < -0.39 is 11.6 Å². The number of halogens is 1. The van der Waals surface area contributed by atoms with Gasteiger partial charge >= 0.3 is 0 Å². The molecule has 0 atom stereocenters. The molecule has 0 bridgehead atoms. The number of rotatable bonds is 0. The SMILES string of the molecule is O=C1Cc2c(ccc(O)c2F)N1. The van der Waals surface area contributed by atoms with Gasteiger partial charge in [-0.2, -0.15) is 0 Å². The second kappa shape index (κ2) is 2.20. The van der Waals surface area contributed by atoms with Gasteiger partial charge in [-0.15, -0.1) is 0 Å². The minimum absolute atomic E-state index is 0.00949. The number of anilines is 1. The Hall–Kier alpha value is -1.58. The van der Waals surface area contributed by atoms with Crippen LogP contribution in [-0.4, -0.2) is 11.0 Å². The molecule has 1 aromatic carbocycles. The van der Waals surface area contributed by atoms with E-state index in [4.69, 9.17) is 5.11 Å². The number of hydrogen-bond acceptors (Lipinski definition) is 2. The molecular weight excluding hydrogens is 161 g/mol. The van der Waals surface area contributed by atoms with Gasteiger partial charge in [-0.25, -0.2) is 4.39 Å². The van der Waals surface area contributed by atoms with Crippen LogP contribution in [-0.2, 0) is 11.2 Å². The second-order valence-electron chi connectivity index (χ2n) is 2.65. The Morgan fingerprint density at radius 2 is 2.25 bits per heavy atom. The maximum absolute atomic E-state index is 13.0. The number of fused-ring (bicyclic) bond motifs is 1. The number of amides is 1. The molecule has 0 radical (unpaired) electrons. The zero-order chi connectivity index (χ0) is 8.72. The Morgan fingerprint density at radius 1 is 1.50 bits per heavy atom. The minimum Gasteiger partial charge on any atom is -0.505 e. The maximum Gasteiger partial charge on any atom is 0.228 e. The van der Waals surface area contributed by atoms with Crippen LogP contribution in [0.1, 0.15) is 5.56 Å². The molecule has 12 heavy (non-hydrogen) atoms. The average Bonchev–Trinajstić information content (AvgIpc) is 2.39. The predicted octanol–water partition coefficient (Wildman–Crippen LogP) is 1.03. The van der Waals surface area contributed by atoms with Gasteiger partial charge in [-0.3, -0.25) is 4.79 Å². The lowest BCUT2D eigenvalue weighted by molar-refractivity contribution is -0.115. The van der Waals surface area contributed by atoms with Crippen LogP contribution in [0.3, 0.4) is 0 Å². The van der Waals surface area contributed by atoms with E-state index in [0.29, 0.717) is 5.69 Å². The average molecular weight is 167 g/mol. The Morgan fingerprint density at radius 3 is 3.00 bits per heavy atom. The standard InChI is InChI=1S/C8H6FNO2/c9-8-4-3-7(12)10-5(4)1-2-6(8)11/h1-2,11H,3H2,(H,10,12). The molecule has 1 aliphatic rings. The summed E-state index contributed by atoms with van der Waals surface area (Å²) in [7, 11) is 0. The van der Waals surface area contributed by atoms with Gasteiger partial charge in [0.2, 0.25) is 5.91 Å². The number of aromatic hydroxyl groups is 1. The zero-order valence-electron chi connectivity index (χ0n) is 6.10. The fourth-order valence-electron chi connectivity index (χ4n) is 1.25. The highest BCUT2D eigenvalue weighted by atomic mass is 19.1. The molecule has 3 nitrogen and oxygen atoms in total. The van der Waals surface area contributed by atoms with E-state index in [0.717, 1.165) is 0 Å². The third-order valence-corrected chi connectivity index (χ3v) is 1.83. The van der Waals surface area contributed by atoms with Gasteiger partial charge in [0, 0.05) is 11.3 Å². The normalized spacial score (nSPS) is 14.2. The molecule has 2 rings (SSSR count). The molecule has 1 amide bonds. The topological polar surface area (TPSA) is 49.3 Å². The van der Waals surface area contributed by atoms with Gasteiger partial charge in [0.05, 0.1) is 6.42 Å². The summed E-state index contributed by atoms with van der Waals surface area (Å²) < 4.78 is 13.0. The summed E-state index contributed by atoms with van der Waals surface area (Å²) in [5.41, 5.74) is 0.704. The largest absolute Gasteiger partial charge is 0.505 e. The second-order valence-corrected chi connectivity index (χ2v) is 2.65. The summed E-state index contributed by atoms with van der Waals surface area (Å²) in [5.74, 6) is -1.36. The molecule has 0 aromatic heterocycles. The highest BCUT2D eigenvalue weighted by molar-refractivity contribution is 5.99. The predicted molar refractivity (Wildman–Crippen MR) is 40.4 cm³/mol. The van der Waals surface area contributed by atoms with E-state index in [1.54, 1.807) is 0 Å². The van der Waals surface area contributed by atoms with Crippen molar-refractivity contribution >= 4 is 11.6 Å². The fourth-order valence-corrected chi connectivity index (χ4v) is 1.25. The quantitative estimate of drug-likeness (QED) is 0.567. The van der Waals surface area contributed by atoms with E-state index in [2.05, 4.69) is 5.32 Å². The number of carbonyl (C=O) groups excluding carboxylic acids is 1. The first-order valence-corrected chi connectivity index (χ1v) is 3.48. The molecule has 0 spiro atoms. The summed E-state index contributed by atoms with van der Waals surface area (Å²) in [4.78, 5) is 10.8. The van der Waals surface area contributed by atoms with E-state index in [1.165, 1.54) is 12.1 Å². The monoisotopic (exact) mass is 167 g/mol. The van der Waals surface area contributed by atoms with Gasteiger partial charge in [0.25, 0.3) is 0 Å². The Bertz CT molecular complexity index is 362. The third-order valence-electron chi connectivity index (χ3n) is 1.83. The van der Waals surface area contributed by atoms with E-state index in [-0.39, 0.29) is 17.9 Å². The van der Waals surface area contributed by atoms with Crippen molar-refractivity contribution in [1.29, 1.82) is 0 Å². The summed E-state index contributed by atoms with van der Waals surface area (Å²) in [6, 6.07) is 2.71. The van der Waals surface area contributed by atoms with Gasteiger partial charge in [0.1, 0.15) is 0 Å². The van der Waals surface area contributed by atoms with Crippen molar-refractivity contribution < 1.29 is 14.3 Å². The molecule has 1 aliphatic heterocycles. The highest BCUT2D eigenvalue weighted by Gasteiger charge is 2.22. The molecule has 2 N–H and O–H groups in total. The number of carbonyl (C=O) groups is 1. The fraction of sp³-hybridized carbons (Fsp3) is 0.125. The molecular formula is C8H6FNO2. The number of phenolic OH excluding ortho intramolecular Hbond substituents is 1. The molecule has 0 unspecified atom stereocenters. The first-order chi connectivity index (χ1) is 5.68. The zero-order valence-corrected chi connectivity index (χ0v) is 6.10. The summed E-state index contributed by atoms with van der Waals surface area (Å²) in [6.45, 7) is 0. The van der Waals surface area contributed by atoms with Crippen LogP contribution in [0.4, 0.5) is 10.1 Å². The lowest BCUT2D eigenvalue weighted by Crippen LogP contribution is -2.03. The van der Waals surface area contributed by atoms with Crippen molar-refractivity contribution in [2.75, 3.05) is 5.32 Å². The Labute approximate surface area is 67.8 Å². The van der Waals surface area contributed by atoms with Crippen molar-refractivity contribution in [3.63, 3.8) is 0 Å². The van der Waals surface area contributed by atoms with Crippen molar-refractivity contribution in [3.8, 4) is 5.75 Å². The summed E-state index contributed by atoms with van der Waals surface area (Å²) >= 11 is 0. The van der Waals surface area contributed by atoms with Crippen molar-refractivity contribution in [2.24, 2.45) is 0 Å². The number of benzene rings is 1. The smallest absolute Gasteiger partial charge is 0.228 e. The van der Waals surface area contributed by atoms with Crippen LogP contribution in [0.2, 0.25) is 0 Å². The van der Waals surface area contributed by atoms with E-state index in [9.17, 15) is 9.18 Å². The Balaban J connectivity index is 2.61.